The summed E-state index contributed by atoms with van der Waals surface area (Å²) in [6.45, 7) is 1.70. The number of likely N-dealkylation sites (tertiary alicyclic amines) is 1. The number of benzene rings is 3. The zero-order valence-corrected chi connectivity index (χ0v) is 20.2. The van der Waals surface area contributed by atoms with Gasteiger partial charge in [0.15, 0.2) is 0 Å². The van der Waals surface area contributed by atoms with Gasteiger partial charge in [-0.25, -0.2) is 0 Å². The summed E-state index contributed by atoms with van der Waals surface area (Å²) in [5.74, 6) is -0.149. The summed E-state index contributed by atoms with van der Waals surface area (Å²) in [7, 11) is 1.66. The minimum Gasteiger partial charge on any atom is -0.497 e. The summed E-state index contributed by atoms with van der Waals surface area (Å²) >= 11 is 0. The molecule has 1 N–H and O–H groups in total. The molecular formula is C30H32N2O3. The molecule has 1 aliphatic heterocycles. The van der Waals surface area contributed by atoms with Crippen LogP contribution in [-0.4, -0.2) is 43.5 Å². The van der Waals surface area contributed by atoms with E-state index in [1.807, 2.05) is 48.5 Å². The first-order valence-electron chi connectivity index (χ1n) is 12.2. The van der Waals surface area contributed by atoms with Crippen molar-refractivity contribution in [3.05, 3.63) is 102 Å². The summed E-state index contributed by atoms with van der Waals surface area (Å²) in [6, 6.07) is 28.5. The second-order valence-electron chi connectivity index (χ2n) is 8.67. The fourth-order valence-electron chi connectivity index (χ4n) is 4.55. The van der Waals surface area contributed by atoms with Crippen LogP contribution in [0.25, 0.3) is 11.1 Å². The number of amides is 2. The van der Waals surface area contributed by atoms with Crippen molar-refractivity contribution in [1.82, 2.24) is 10.2 Å². The molecule has 4 rings (SSSR count). The normalized spacial score (nSPS) is 14.1. The van der Waals surface area contributed by atoms with Crippen molar-refractivity contribution in [3.63, 3.8) is 0 Å². The number of piperidine rings is 1. The first-order valence-corrected chi connectivity index (χ1v) is 12.2. The Bertz CT molecular complexity index is 1150. The van der Waals surface area contributed by atoms with Gasteiger partial charge in [-0.2, -0.15) is 0 Å². The van der Waals surface area contributed by atoms with Crippen molar-refractivity contribution < 1.29 is 14.3 Å². The molecule has 5 nitrogen and oxygen atoms in total. The van der Waals surface area contributed by atoms with Crippen LogP contribution in [0.2, 0.25) is 0 Å². The van der Waals surface area contributed by atoms with E-state index in [0.29, 0.717) is 26.1 Å². The number of methoxy groups -OCH3 is 1. The van der Waals surface area contributed by atoms with Crippen molar-refractivity contribution in [2.45, 2.75) is 25.7 Å². The molecule has 1 heterocycles. The van der Waals surface area contributed by atoms with Crippen LogP contribution in [0.1, 0.15) is 42.4 Å². The third kappa shape index (κ3) is 6.18. The summed E-state index contributed by atoms with van der Waals surface area (Å²) in [6.07, 6.45) is 3.62. The second-order valence-corrected chi connectivity index (χ2v) is 8.67. The lowest BCUT2D eigenvalue weighted by molar-refractivity contribution is -0.146. The molecule has 5 heteroatoms. The lowest BCUT2D eigenvalue weighted by Gasteiger charge is -2.26. The third-order valence-electron chi connectivity index (χ3n) is 6.36. The van der Waals surface area contributed by atoms with Gasteiger partial charge < -0.3 is 15.0 Å². The van der Waals surface area contributed by atoms with Gasteiger partial charge in [-0.15, -0.1) is 0 Å². The highest BCUT2D eigenvalue weighted by Gasteiger charge is 2.23. The number of carbonyl (C=O) groups excluding carboxylic acids is 2. The standard InChI is InChI=1S/C30H32N2O3/c1-35-26-17-15-25(16-18-26)28(24-13-7-3-8-14-24)27(23-11-5-2-6-12-23)19-20-31-29(33)30(34)32-21-9-4-10-22-32/h2-3,5-8,11-18H,4,9-10,19-22H2,1H3,(H,31,33)/b28-27-. The minimum absolute atomic E-state index is 0.370. The minimum atomic E-state index is -0.523. The van der Waals surface area contributed by atoms with Crippen molar-refractivity contribution in [2.75, 3.05) is 26.7 Å². The van der Waals surface area contributed by atoms with Crippen LogP contribution in [0.4, 0.5) is 0 Å². The fourth-order valence-corrected chi connectivity index (χ4v) is 4.55. The maximum absolute atomic E-state index is 12.6. The zero-order chi connectivity index (χ0) is 24.5. The molecule has 180 valence electrons. The first kappa shape index (κ1) is 24.3. The molecule has 0 saturated carbocycles. The number of rotatable bonds is 7. The SMILES string of the molecule is COc1ccc(/C(=C(/CCNC(=O)C(=O)N2CCCCC2)c2ccccc2)c2ccccc2)cc1. The van der Waals surface area contributed by atoms with E-state index >= 15 is 0 Å². The Morgan fingerprint density at radius 2 is 1.34 bits per heavy atom. The predicted octanol–water partition coefficient (Wildman–Crippen LogP) is 5.17. The van der Waals surface area contributed by atoms with Crippen LogP contribution in [0, 0.1) is 0 Å². The molecule has 3 aromatic rings. The Morgan fingerprint density at radius 1 is 0.771 bits per heavy atom. The molecule has 3 aromatic carbocycles. The van der Waals surface area contributed by atoms with Gasteiger partial charge in [0.25, 0.3) is 0 Å². The van der Waals surface area contributed by atoms with E-state index in [1.54, 1.807) is 12.0 Å². The summed E-state index contributed by atoms with van der Waals surface area (Å²) in [5.41, 5.74) is 5.43. The Morgan fingerprint density at radius 3 is 1.94 bits per heavy atom. The maximum Gasteiger partial charge on any atom is 0.311 e. The molecule has 2 amide bonds. The van der Waals surface area contributed by atoms with E-state index in [1.165, 1.54) is 0 Å². The van der Waals surface area contributed by atoms with Gasteiger partial charge in [0.2, 0.25) is 0 Å². The highest BCUT2D eigenvalue weighted by atomic mass is 16.5. The van der Waals surface area contributed by atoms with Crippen molar-refractivity contribution in [1.29, 1.82) is 0 Å². The Labute approximate surface area is 207 Å². The van der Waals surface area contributed by atoms with E-state index in [4.69, 9.17) is 4.74 Å². The molecule has 0 aliphatic carbocycles. The van der Waals surface area contributed by atoms with E-state index in [2.05, 4.69) is 41.7 Å². The molecular weight excluding hydrogens is 436 g/mol. The molecule has 35 heavy (non-hydrogen) atoms. The van der Waals surface area contributed by atoms with Gasteiger partial charge in [-0.1, -0.05) is 72.8 Å². The van der Waals surface area contributed by atoms with Crippen LogP contribution < -0.4 is 10.1 Å². The predicted molar refractivity (Wildman–Crippen MR) is 140 cm³/mol. The smallest absolute Gasteiger partial charge is 0.311 e. The number of carbonyl (C=O) groups is 2. The lowest BCUT2D eigenvalue weighted by atomic mass is 9.88. The van der Waals surface area contributed by atoms with Gasteiger partial charge in [-0.3, -0.25) is 9.59 Å². The number of hydrogen-bond acceptors (Lipinski definition) is 3. The molecule has 0 bridgehead atoms. The third-order valence-corrected chi connectivity index (χ3v) is 6.36. The number of nitrogens with one attached hydrogen (secondary N) is 1. The molecule has 1 aliphatic rings. The van der Waals surface area contributed by atoms with Crippen LogP contribution in [-0.2, 0) is 9.59 Å². The lowest BCUT2D eigenvalue weighted by Crippen LogP contribution is -2.45. The Hall–Kier alpha value is -3.86. The van der Waals surface area contributed by atoms with Gasteiger partial charge in [0.1, 0.15) is 5.75 Å². The van der Waals surface area contributed by atoms with Crippen LogP contribution in [0.15, 0.2) is 84.9 Å². The average molecular weight is 469 g/mol. The quantitative estimate of drug-likeness (QED) is 0.384. The Kier molecular flexibility index (Phi) is 8.34. The molecule has 0 spiro atoms. The highest BCUT2D eigenvalue weighted by Crippen LogP contribution is 2.34. The molecule has 0 atom stereocenters. The van der Waals surface area contributed by atoms with Crippen molar-refractivity contribution in [2.24, 2.45) is 0 Å². The molecule has 0 radical (unpaired) electrons. The molecule has 0 aromatic heterocycles. The van der Waals surface area contributed by atoms with Crippen molar-refractivity contribution >= 4 is 23.0 Å². The van der Waals surface area contributed by atoms with Gasteiger partial charge >= 0.3 is 11.8 Å². The molecule has 1 fully saturated rings. The summed E-state index contributed by atoms with van der Waals surface area (Å²) in [4.78, 5) is 26.8. The topological polar surface area (TPSA) is 58.6 Å². The van der Waals surface area contributed by atoms with Gasteiger partial charge in [0.05, 0.1) is 7.11 Å². The van der Waals surface area contributed by atoms with E-state index in [9.17, 15) is 9.59 Å². The first-order chi connectivity index (χ1) is 17.2. The van der Waals surface area contributed by atoms with Gasteiger partial charge in [-0.05, 0) is 65.7 Å². The van der Waals surface area contributed by atoms with Crippen molar-refractivity contribution in [3.8, 4) is 5.75 Å². The highest BCUT2D eigenvalue weighted by molar-refractivity contribution is 6.35. The zero-order valence-electron chi connectivity index (χ0n) is 20.2. The monoisotopic (exact) mass is 468 g/mol. The van der Waals surface area contributed by atoms with E-state index in [0.717, 1.165) is 52.8 Å². The number of hydrogen-bond donors (Lipinski definition) is 1. The van der Waals surface area contributed by atoms with Crippen LogP contribution >= 0.6 is 0 Å². The molecule has 1 saturated heterocycles. The largest absolute Gasteiger partial charge is 0.497 e. The summed E-state index contributed by atoms with van der Waals surface area (Å²) < 4.78 is 5.36. The van der Waals surface area contributed by atoms with Crippen LogP contribution in [0.5, 0.6) is 5.75 Å². The second kappa shape index (κ2) is 12.0. The van der Waals surface area contributed by atoms with E-state index in [-0.39, 0.29) is 0 Å². The number of ether oxygens (including phenoxy) is 1. The molecule has 0 unspecified atom stereocenters. The Balaban J connectivity index is 1.65. The average Bonchev–Trinajstić information content (AvgIpc) is 2.93. The summed E-state index contributed by atoms with van der Waals surface area (Å²) in [5, 5.41) is 2.87. The fraction of sp³-hybridized carbons (Fsp3) is 0.267. The van der Waals surface area contributed by atoms with E-state index < -0.39 is 11.8 Å². The number of nitrogens with zero attached hydrogens (tertiary/aromatic N) is 1. The van der Waals surface area contributed by atoms with Crippen LogP contribution in [0.3, 0.4) is 0 Å². The van der Waals surface area contributed by atoms with Gasteiger partial charge in [0, 0.05) is 19.6 Å². The maximum atomic E-state index is 12.6.